The van der Waals surface area contributed by atoms with Gasteiger partial charge in [-0.1, -0.05) is 30.3 Å². The average molecular weight is 298 g/mol. The normalized spacial score (nSPS) is 15.5. The van der Waals surface area contributed by atoms with Crippen molar-refractivity contribution in [2.24, 2.45) is 0 Å². The minimum absolute atomic E-state index is 0.289. The molecule has 1 aliphatic heterocycles. The smallest absolute Gasteiger partial charge is 0.119 e. The number of rotatable bonds is 6. The summed E-state index contributed by atoms with van der Waals surface area (Å²) in [6.07, 6.45) is 2.24. The van der Waals surface area contributed by atoms with Crippen molar-refractivity contribution in [1.29, 1.82) is 0 Å². The maximum atomic E-state index is 5.97. The molecular weight excluding hydrogens is 276 g/mol. The van der Waals surface area contributed by atoms with E-state index in [1.807, 2.05) is 42.5 Å². The van der Waals surface area contributed by atoms with Gasteiger partial charge >= 0.3 is 0 Å². The van der Waals surface area contributed by atoms with Crippen molar-refractivity contribution in [2.75, 3.05) is 18.6 Å². The summed E-state index contributed by atoms with van der Waals surface area (Å²) in [6, 6.07) is 18.3. The Morgan fingerprint density at radius 2 is 1.68 bits per heavy atom. The van der Waals surface area contributed by atoms with Gasteiger partial charge in [-0.15, -0.1) is 0 Å². The van der Waals surface area contributed by atoms with E-state index in [9.17, 15) is 0 Å². The molecule has 1 aliphatic rings. The van der Waals surface area contributed by atoms with Crippen molar-refractivity contribution >= 4 is 5.69 Å². The minimum atomic E-state index is 0.289. The fourth-order valence-corrected chi connectivity index (χ4v) is 2.44. The molecule has 0 radical (unpaired) electrons. The molecule has 1 saturated heterocycles. The van der Waals surface area contributed by atoms with Crippen molar-refractivity contribution in [3.05, 3.63) is 60.2 Å². The summed E-state index contributed by atoms with van der Waals surface area (Å²) >= 11 is 0. The zero-order valence-corrected chi connectivity index (χ0v) is 12.6. The van der Waals surface area contributed by atoms with Gasteiger partial charge in [-0.25, -0.2) is 5.43 Å². The van der Waals surface area contributed by atoms with Gasteiger partial charge in [0.2, 0.25) is 0 Å². The van der Waals surface area contributed by atoms with Gasteiger partial charge < -0.3 is 14.9 Å². The van der Waals surface area contributed by atoms with Crippen LogP contribution in [0.4, 0.5) is 5.69 Å². The second-order valence-electron chi connectivity index (χ2n) is 5.42. The molecule has 0 bridgehead atoms. The predicted molar refractivity (Wildman–Crippen MR) is 87.8 cm³/mol. The van der Waals surface area contributed by atoms with E-state index in [1.165, 1.54) is 5.56 Å². The highest BCUT2D eigenvalue weighted by Gasteiger charge is 2.14. The van der Waals surface area contributed by atoms with E-state index in [2.05, 4.69) is 23.0 Å². The SMILES string of the molecule is c1ccc(NNCc2ccc(OC3CCOCC3)cc2)cc1. The Balaban J connectivity index is 1.44. The molecule has 22 heavy (non-hydrogen) atoms. The van der Waals surface area contributed by atoms with E-state index >= 15 is 0 Å². The molecule has 0 aliphatic carbocycles. The lowest BCUT2D eigenvalue weighted by Gasteiger charge is -2.23. The van der Waals surface area contributed by atoms with Crippen LogP contribution in [-0.2, 0) is 11.3 Å². The summed E-state index contributed by atoms with van der Waals surface area (Å²) in [5, 5.41) is 0. The van der Waals surface area contributed by atoms with E-state index in [1.54, 1.807) is 0 Å². The molecule has 4 nitrogen and oxygen atoms in total. The van der Waals surface area contributed by atoms with Crippen LogP contribution in [0.15, 0.2) is 54.6 Å². The van der Waals surface area contributed by atoms with Crippen molar-refractivity contribution in [3.63, 3.8) is 0 Å². The number of hydrogen-bond acceptors (Lipinski definition) is 4. The van der Waals surface area contributed by atoms with E-state index < -0.39 is 0 Å². The molecular formula is C18H22N2O2. The third-order valence-electron chi connectivity index (χ3n) is 3.69. The average Bonchev–Trinajstić information content (AvgIpc) is 2.58. The summed E-state index contributed by atoms with van der Waals surface area (Å²) in [4.78, 5) is 0. The molecule has 0 atom stereocenters. The summed E-state index contributed by atoms with van der Waals surface area (Å²) in [6.45, 7) is 2.36. The molecule has 0 saturated carbocycles. The number of nitrogens with one attached hydrogen (secondary N) is 2. The summed E-state index contributed by atoms with van der Waals surface area (Å²) in [7, 11) is 0. The lowest BCUT2D eigenvalue weighted by atomic mass is 10.1. The fourth-order valence-electron chi connectivity index (χ4n) is 2.44. The van der Waals surface area contributed by atoms with Crippen molar-refractivity contribution in [2.45, 2.75) is 25.5 Å². The van der Waals surface area contributed by atoms with E-state index in [0.717, 1.165) is 44.0 Å². The van der Waals surface area contributed by atoms with Crippen molar-refractivity contribution < 1.29 is 9.47 Å². The lowest BCUT2D eigenvalue weighted by molar-refractivity contribution is 0.0255. The number of ether oxygens (including phenoxy) is 2. The fraction of sp³-hybridized carbons (Fsp3) is 0.333. The molecule has 116 valence electrons. The van der Waals surface area contributed by atoms with Crippen LogP contribution in [0.1, 0.15) is 18.4 Å². The molecule has 1 heterocycles. The highest BCUT2D eigenvalue weighted by Crippen LogP contribution is 2.18. The zero-order chi connectivity index (χ0) is 15.0. The number of anilines is 1. The van der Waals surface area contributed by atoms with Gasteiger partial charge in [0.15, 0.2) is 0 Å². The molecule has 2 N–H and O–H groups in total. The molecule has 0 unspecified atom stereocenters. The second kappa shape index (κ2) is 7.82. The minimum Gasteiger partial charge on any atom is -0.490 e. The number of para-hydroxylation sites is 1. The van der Waals surface area contributed by atoms with Crippen LogP contribution in [0.3, 0.4) is 0 Å². The lowest BCUT2D eigenvalue weighted by Crippen LogP contribution is -2.25. The molecule has 0 amide bonds. The van der Waals surface area contributed by atoms with Gasteiger partial charge in [0.1, 0.15) is 11.9 Å². The van der Waals surface area contributed by atoms with Crippen LogP contribution in [0.5, 0.6) is 5.75 Å². The zero-order valence-electron chi connectivity index (χ0n) is 12.6. The standard InChI is InChI=1S/C18H22N2O2/c1-2-4-16(5-3-1)20-19-14-15-6-8-17(9-7-15)22-18-10-12-21-13-11-18/h1-9,18-20H,10-14H2. The Labute approximate surface area is 131 Å². The van der Waals surface area contributed by atoms with Crippen LogP contribution in [0, 0.1) is 0 Å². The third kappa shape index (κ3) is 4.48. The Morgan fingerprint density at radius 1 is 0.955 bits per heavy atom. The third-order valence-corrected chi connectivity index (χ3v) is 3.69. The van der Waals surface area contributed by atoms with Crippen LogP contribution in [0.2, 0.25) is 0 Å². The van der Waals surface area contributed by atoms with Gasteiger partial charge in [0, 0.05) is 25.1 Å². The van der Waals surface area contributed by atoms with Gasteiger partial charge in [-0.2, -0.15) is 0 Å². The van der Waals surface area contributed by atoms with Crippen molar-refractivity contribution in [1.82, 2.24) is 5.43 Å². The molecule has 2 aromatic carbocycles. The molecule has 1 fully saturated rings. The summed E-state index contributed by atoms with van der Waals surface area (Å²) in [5.74, 6) is 0.937. The molecule has 2 aromatic rings. The predicted octanol–water partition coefficient (Wildman–Crippen LogP) is 3.36. The van der Waals surface area contributed by atoms with Crippen LogP contribution < -0.4 is 15.6 Å². The molecule has 4 heteroatoms. The first-order valence-corrected chi connectivity index (χ1v) is 7.77. The topological polar surface area (TPSA) is 42.5 Å². The van der Waals surface area contributed by atoms with Gasteiger partial charge in [0.05, 0.1) is 13.2 Å². The van der Waals surface area contributed by atoms with E-state index in [4.69, 9.17) is 9.47 Å². The highest BCUT2D eigenvalue weighted by atomic mass is 16.5. The number of hydrogen-bond donors (Lipinski definition) is 2. The second-order valence-corrected chi connectivity index (χ2v) is 5.42. The Hall–Kier alpha value is -2.04. The van der Waals surface area contributed by atoms with Gasteiger partial charge in [-0.3, -0.25) is 0 Å². The molecule has 0 aromatic heterocycles. The summed E-state index contributed by atoms with van der Waals surface area (Å²) < 4.78 is 11.3. The van der Waals surface area contributed by atoms with Crippen LogP contribution in [-0.4, -0.2) is 19.3 Å². The molecule has 3 rings (SSSR count). The van der Waals surface area contributed by atoms with Gasteiger partial charge in [-0.05, 0) is 29.8 Å². The largest absolute Gasteiger partial charge is 0.490 e. The van der Waals surface area contributed by atoms with Crippen molar-refractivity contribution in [3.8, 4) is 5.75 Å². The maximum Gasteiger partial charge on any atom is 0.119 e. The Kier molecular flexibility index (Phi) is 5.29. The van der Waals surface area contributed by atoms with E-state index in [-0.39, 0.29) is 6.10 Å². The van der Waals surface area contributed by atoms with Gasteiger partial charge in [0.25, 0.3) is 0 Å². The first-order valence-electron chi connectivity index (χ1n) is 7.77. The first kappa shape index (κ1) is 14.9. The van der Waals surface area contributed by atoms with Crippen LogP contribution >= 0.6 is 0 Å². The van der Waals surface area contributed by atoms with E-state index in [0.29, 0.717) is 0 Å². The Bertz CT molecular complexity index is 551. The number of benzene rings is 2. The monoisotopic (exact) mass is 298 g/mol. The Morgan fingerprint density at radius 3 is 2.41 bits per heavy atom. The quantitative estimate of drug-likeness (QED) is 0.803. The molecule has 0 spiro atoms. The van der Waals surface area contributed by atoms with Crippen LogP contribution in [0.25, 0.3) is 0 Å². The highest BCUT2D eigenvalue weighted by molar-refractivity contribution is 5.41. The number of hydrazine groups is 1. The summed E-state index contributed by atoms with van der Waals surface area (Å²) in [5.41, 5.74) is 8.66. The first-order chi connectivity index (χ1) is 10.9. The maximum absolute atomic E-state index is 5.97.